The van der Waals surface area contributed by atoms with Crippen LogP contribution in [0.2, 0.25) is 0 Å². The van der Waals surface area contributed by atoms with E-state index < -0.39 is 5.41 Å². The quantitative estimate of drug-likeness (QED) is 0.177. The van der Waals surface area contributed by atoms with Crippen LogP contribution in [0, 0.1) is 0 Å². The monoisotopic (exact) mass is 716 g/mol. The van der Waals surface area contributed by atoms with Gasteiger partial charge in [0.2, 0.25) is 0 Å². The first-order valence-corrected chi connectivity index (χ1v) is 18.8. The van der Waals surface area contributed by atoms with Crippen molar-refractivity contribution in [3.8, 4) is 79.0 Å². The van der Waals surface area contributed by atoms with E-state index in [1.54, 1.807) is 0 Å². The SMILES string of the molecule is c1ccc(-c2nc(-c3ccccc3)nc(-c3ccc4c(c3)C3(c5cc(-c6cccc(-c7ccncc7)c6)ccc5O4)c4ccccc4-c4ccccc43)n2)cc1. The summed E-state index contributed by atoms with van der Waals surface area (Å²) in [7, 11) is 0. The van der Waals surface area contributed by atoms with Gasteiger partial charge in [-0.3, -0.25) is 4.98 Å². The van der Waals surface area contributed by atoms with Crippen molar-refractivity contribution in [3.63, 3.8) is 0 Å². The third-order valence-corrected chi connectivity index (χ3v) is 11.1. The largest absolute Gasteiger partial charge is 0.457 e. The topological polar surface area (TPSA) is 60.8 Å². The van der Waals surface area contributed by atoms with Crippen molar-refractivity contribution in [3.05, 3.63) is 217 Å². The van der Waals surface area contributed by atoms with Gasteiger partial charge >= 0.3 is 0 Å². The van der Waals surface area contributed by atoms with Crippen molar-refractivity contribution >= 4 is 0 Å². The highest BCUT2D eigenvalue weighted by atomic mass is 16.5. The van der Waals surface area contributed by atoms with Gasteiger partial charge in [0, 0.05) is 40.2 Å². The van der Waals surface area contributed by atoms with E-state index in [9.17, 15) is 0 Å². The lowest BCUT2D eigenvalue weighted by molar-refractivity contribution is 0.436. The molecule has 2 aromatic heterocycles. The Morgan fingerprint density at radius 2 is 0.768 bits per heavy atom. The van der Waals surface area contributed by atoms with Crippen molar-refractivity contribution in [1.82, 2.24) is 19.9 Å². The molecular weight excluding hydrogens is 685 g/mol. The molecule has 0 fully saturated rings. The average molecular weight is 717 g/mol. The zero-order valence-corrected chi connectivity index (χ0v) is 30.2. The molecule has 0 saturated heterocycles. The van der Waals surface area contributed by atoms with Gasteiger partial charge in [-0.2, -0.15) is 0 Å². The number of ether oxygens (including phenoxy) is 1. The first-order chi connectivity index (χ1) is 27.7. The van der Waals surface area contributed by atoms with Crippen LogP contribution in [-0.2, 0) is 5.41 Å². The number of nitrogens with zero attached hydrogens (tertiary/aromatic N) is 4. The summed E-state index contributed by atoms with van der Waals surface area (Å²) in [4.78, 5) is 19.4. The van der Waals surface area contributed by atoms with Gasteiger partial charge in [0.25, 0.3) is 0 Å². The molecule has 1 aliphatic heterocycles. The van der Waals surface area contributed by atoms with E-state index in [-0.39, 0.29) is 0 Å². The summed E-state index contributed by atoms with van der Waals surface area (Å²) >= 11 is 0. The van der Waals surface area contributed by atoms with Crippen LogP contribution in [0.1, 0.15) is 22.3 Å². The van der Waals surface area contributed by atoms with Crippen LogP contribution < -0.4 is 4.74 Å². The number of pyridine rings is 1. The molecule has 1 aliphatic carbocycles. The molecule has 11 rings (SSSR count). The number of aromatic nitrogens is 4. The minimum absolute atomic E-state index is 0.600. The van der Waals surface area contributed by atoms with E-state index in [4.69, 9.17) is 19.7 Å². The molecule has 0 radical (unpaired) electrons. The highest BCUT2D eigenvalue weighted by molar-refractivity contribution is 5.90. The van der Waals surface area contributed by atoms with Crippen LogP contribution in [0.25, 0.3) is 67.5 Å². The van der Waals surface area contributed by atoms with Crippen LogP contribution in [0.15, 0.2) is 194 Å². The van der Waals surface area contributed by atoms with Gasteiger partial charge in [0.1, 0.15) is 11.5 Å². The first-order valence-electron chi connectivity index (χ1n) is 18.8. The minimum Gasteiger partial charge on any atom is -0.457 e. The van der Waals surface area contributed by atoms with Gasteiger partial charge in [0.15, 0.2) is 17.5 Å². The fraction of sp³-hybridized carbons (Fsp3) is 0.0196. The molecule has 2 aliphatic rings. The van der Waals surface area contributed by atoms with Gasteiger partial charge in [-0.05, 0) is 93.0 Å². The smallest absolute Gasteiger partial charge is 0.164 e. The molecule has 1 spiro atoms. The van der Waals surface area contributed by atoms with Gasteiger partial charge < -0.3 is 4.74 Å². The van der Waals surface area contributed by atoms with Crippen LogP contribution in [-0.4, -0.2) is 19.9 Å². The number of rotatable bonds is 5. The molecule has 0 N–H and O–H groups in total. The van der Waals surface area contributed by atoms with Crippen LogP contribution in [0.4, 0.5) is 0 Å². The molecule has 7 aromatic carbocycles. The molecule has 5 heteroatoms. The predicted molar refractivity (Wildman–Crippen MR) is 222 cm³/mol. The van der Waals surface area contributed by atoms with E-state index in [1.807, 2.05) is 85.2 Å². The third kappa shape index (κ3) is 5.02. The third-order valence-electron chi connectivity index (χ3n) is 11.1. The summed E-state index contributed by atoms with van der Waals surface area (Å²) in [5.74, 6) is 3.49. The molecule has 56 heavy (non-hydrogen) atoms. The van der Waals surface area contributed by atoms with Crippen molar-refractivity contribution in [2.75, 3.05) is 0 Å². The van der Waals surface area contributed by atoms with E-state index in [0.29, 0.717) is 17.5 Å². The molecule has 3 heterocycles. The lowest BCUT2D eigenvalue weighted by atomic mass is 9.65. The van der Waals surface area contributed by atoms with Crippen LogP contribution in [0.5, 0.6) is 11.5 Å². The first kappa shape index (κ1) is 32.0. The van der Waals surface area contributed by atoms with Crippen molar-refractivity contribution in [2.45, 2.75) is 5.41 Å². The fourth-order valence-corrected chi connectivity index (χ4v) is 8.58. The van der Waals surface area contributed by atoms with Gasteiger partial charge in [-0.25, -0.2) is 15.0 Å². The van der Waals surface area contributed by atoms with E-state index in [2.05, 4.69) is 114 Å². The summed E-state index contributed by atoms with van der Waals surface area (Å²) in [5, 5.41) is 0. The Morgan fingerprint density at radius 1 is 0.321 bits per heavy atom. The molecule has 0 amide bonds. The molecule has 262 valence electrons. The molecule has 0 atom stereocenters. The van der Waals surface area contributed by atoms with Crippen molar-refractivity contribution in [2.24, 2.45) is 0 Å². The van der Waals surface area contributed by atoms with Crippen LogP contribution in [0.3, 0.4) is 0 Å². The maximum atomic E-state index is 6.90. The maximum absolute atomic E-state index is 6.90. The van der Waals surface area contributed by atoms with Crippen molar-refractivity contribution in [1.29, 1.82) is 0 Å². The average Bonchev–Trinajstić information content (AvgIpc) is 3.57. The van der Waals surface area contributed by atoms with E-state index >= 15 is 0 Å². The molecule has 9 aromatic rings. The van der Waals surface area contributed by atoms with E-state index in [1.165, 1.54) is 22.3 Å². The second kappa shape index (κ2) is 12.8. The highest BCUT2D eigenvalue weighted by Crippen LogP contribution is 2.62. The zero-order valence-electron chi connectivity index (χ0n) is 30.2. The Kier molecular flexibility index (Phi) is 7.32. The second-order valence-electron chi connectivity index (χ2n) is 14.2. The number of fused-ring (bicyclic) bond motifs is 9. The lowest BCUT2D eigenvalue weighted by Crippen LogP contribution is -2.32. The standard InChI is InChI=1S/C51H32N4O/c1-3-12-34(13-4-1)48-53-49(35-14-5-2-6-15-35)55-50(54-48)39-23-25-47-45(32-39)51(42-20-9-7-18-40(42)41-19-8-10-21-43(41)51)44-31-38(22-24-46(44)56-47)37-17-11-16-36(30-37)33-26-28-52-29-27-33/h1-32H. The van der Waals surface area contributed by atoms with Gasteiger partial charge in [0.05, 0.1) is 5.41 Å². The number of hydrogen-bond acceptors (Lipinski definition) is 5. The van der Waals surface area contributed by atoms with Crippen molar-refractivity contribution < 1.29 is 4.74 Å². The zero-order chi connectivity index (χ0) is 37.1. The van der Waals surface area contributed by atoms with Gasteiger partial charge in [-0.15, -0.1) is 0 Å². The molecule has 5 nitrogen and oxygen atoms in total. The molecule has 0 unspecified atom stereocenters. The Labute approximate surface area is 324 Å². The van der Waals surface area contributed by atoms with Crippen LogP contribution >= 0.6 is 0 Å². The second-order valence-corrected chi connectivity index (χ2v) is 14.2. The summed E-state index contributed by atoms with van der Waals surface area (Å²) in [5.41, 5.74) is 13.6. The Morgan fingerprint density at radius 3 is 1.36 bits per heavy atom. The summed E-state index contributed by atoms with van der Waals surface area (Å²) in [6, 6.07) is 63.7. The predicted octanol–water partition coefficient (Wildman–Crippen LogP) is 12.1. The Hall–Kier alpha value is -7.50. The Balaban J connectivity index is 1.15. The number of benzene rings is 7. The summed E-state index contributed by atoms with van der Waals surface area (Å²) < 4.78 is 6.90. The molecule has 0 bridgehead atoms. The lowest BCUT2D eigenvalue weighted by Gasteiger charge is -2.40. The van der Waals surface area contributed by atoms with E-state index in [0.717, 1.165) is 61.6 Å². The molecular formula is C51H32N4O. The Bertz CT molecular complexity index is 2840. The summed E-state index contributed by atoms with van der Waals surface area (Å²) in [6.45, 7) is 0. The summed E-state index contributed by atoms with van der Waals surface area (Å²) in [6.07, 6.45) is 3.68. The maximum Gasteiger partial charge on any atom is 0.164 e. The highest BCUT2D eigenvalue weighted by Gasteiger charge is 2.51. The number of hydrogen-bond donors (Lipinski definition) is 0. The minimum atomic E-state index is -0.678. The fourth-order valence-electron chi connectivity index (χ4n) is 8.58. The molecule has 0 saturated carbocycles. The normalized spacial score (nSPS) is 12.9. The van der Waals surface area contributed by atoms with Gasteiger partial charge in [-0.1, -0.05) is 133 Å².